The van der Waals surface area contributed by atoms with E-state index in [0.29, 0.717) is 12.8 Å². The van der Waals surface area contributed by atoms with Crippen molar-refractivity contribution in [1.82, 2.24) is 10.6 Å². The van der Waals surface area contributed by atoms with Crippen LogP contribution in [0.25, 0.3) is 0 Å². The number of alkyl carbamates (subject to hydrolysis) is 1. The second-order valence-electron chi connectivity index (χ2n) is 13.8. The van der Waals surface area contributed by atoms with E-state index in [0.717, 1.165) is 44.9 Å². The topological polar surface area (TPSA) is 145 Å². The number of carbonyl (C=O) groups excluding carboxylic acids is 2. The van der Waals surface area contributed by atoms with Crippen LogP contribution < -0.4 is 10.6 Å². The van der Waals surface area contributed by atoms with Gasteiger partial charge in [-0.15, -0.1) is 0 Å². The van der Waals surface area contributed by atoms with E-state index < -0.39 is 12.1 Å². The largest absolute Gasteiger partial charge is 0.480 e. The van der Waals surface area contributed by atoms with Crippen molar-refractivity contribution in [2.75, 3.05) is 6.54 Å². The highest BCUT2D eigenvalue weighted by atomic mass is 16.6. The molecule has 9 heteroatoms. The Hall–Kier alpha value is -1.87. The number of carbonyl (C=O) groups is 3. The van der Waals surface area contributed by atoms with E-state index in [2.05, 4.69) is 31.4 Å². The zero-order valence-corrected chi connectivity index (χ0v) is 25.4. The molecule has 3 fully saturated rings. The van der Waals surface area contributed by atoms with Crippen molar-refractivity contribution in [3.8, 4) is 0 Å². The molecule has 230 valence electrons. The lowest BCUT2D eigenvalue weighted by Crippen LogP contribution is -2.60. The molecule has 40 heavy (non-hydrogen) atoms. The van der Waals surface area contributed by atoms with Crippen LogP contribution in [0, 0.1) is 40.4 Å². The third-order valence-electron chi connectivity index (χ3n) is 11.0. The normalized spacial score (nSPS) is 36.7. The zero-order valence-electron chi connectivity index (χ0n) is 25.4. The van der Waals surface area contributed by atoms with Crippen LogP contribution in [0.15, 0.2) is 0 Å². The van der Waals surface area contributed by atoms with Gasteiger partial charge in [0.15, 0.2) is 0 Å². The average molecular weight is 567 g/mol. The van der Waals surface area contributed by atoms with E-state index in [4.69, 9.17) is 9.84 Å². The molecule has 9 nitrogen and oxygen atoms in total. The summed E-state index contributed by atoms with van der Waals surface area (Å²) < 4.78 is 6.14. The third-order valence-corrected chi connectivity index (χ3v) is 11.0. The van der Waals surface area contributed by atoms with Crippen molar-refractivity contribution in [2.24, 2.45) is 40.4 Å². The fourth-order valence-electron chi connectivity index (χ4n) is 8.68. The molecule has 2 amide bonds. The molecule has 3 rings (SSSR count). The first-order valence-corrected chi connectivity index (χ1v) is 15.5. The van der Waals surface area contributed by atoms with Gasteiger partial charge < -0.3 is 30.7 Å². The van der Waals surface area contributed by atoms with Gasteiger partial charge >= 0.3 is 12.1 Å². The molecular weight excluding hydrogens is 512 g/mol. The standard InChI is InChI=1S/C31H54N2O7/c1-7-20(34)12-14-30(5)15-13-24(40-29(39)33-18(2)3)28-22-10-9-21(31(22,6)25(35)16-23(28)30)19(4)8-11-26(36)32-17-27(37)38/h18-25,28,34-35H,7-17H2,1-6H3,(H,32,36)(H,33,39)(H,37,38)/t19-,20+,21-,22+,23+,24-,25+,28+,30+,31-/m1/s1. The number of hydrogen-bond donors (Lipinski definition) is 5. The van der Waals surface area contributed by atoms with E-state index in [1.54, 1.807) is 0 Å². The lowest BCUT2D eigenvalue weighted by atomic mass is 9.46. The molecule has 0 unspecified atom stereocenters. The van der Waals surface area contributed by atoms with Crippen molar-refractivity contribution >= 4 is 18.0 Å². The van der Waals surface area contributed by atoms with E-state index >= 15 is 0 Å². The summed E-state index contributed by atoms with van der Waals surface area (Å²) in [6.45, 7) is 12.1. The Morgan fingerprint density at radius 3 is 2.38 bits per heavy atom. The van der Waals surface area contributed by atoms with E-state index in [9.17, 15) is 24.6 Å². The van der Waals surface area contributed by atoms with Crippen LogP contribution in [-0.4, -0.2) is 64.2 Å². The minimum Gasteiger partial charge on any atom is -0.480 e. The van der Waals surface area contributed by atoms with Crippen LogP contribution in [0.5, 0.6) is 0 Å². The Kier molecular flexibility index (Phi) is 10.9. The smallest absolute Gasteiger partial charge is 0.407 e. The first kappa shape index (κ1) is 32.6. The molecule has 0 saturated heterocycles. The molecule has 0 radical (unpaired) electrons. The highest BCUT2D eigenvalue weighted by Crippen LogP contribution is 2.66. The van der Waals surface area contributed by atoms with Gasteiger partial charge in [0.2, 0.25) is 5.91 Å². The molecule has 0 bridgehead atoms. The highest BCUT2D eigenvalue weighted by Gasteiger charge is 2.64. The fraction of sp³-hybridized carbons (Fsp3) is 0.903. The van der Waals surface area contributed by atoms with Gasteiger partial charge in [-0.3, -0.25) is 9.59 Å². The van der Waals surface area contributed by atoms with Crippen molar-refractivity contribution in [3.05, 3.63) is 0 Å². The predicted molar refractivity (Wildman–Crippen MR) is 152 cm³/mol. The van der Waals surface area contributed by atoms with E-state index in [-0.39, 0.29) is 83.6 Å². The monoisotopic (exact) mass is 566 g/mol. The Labute approximate surface area is 240 Å². The van der Waals surface area contributed by atoms with Crippen molar-refractivity contribution in [1.29, 1.82) is 0 Å². The number of fused-ring (bicyclic) bond motifs is 3. The van der Waals surface area contributed by atoms with Gasteiger partial charge in [0, 0.05) is 18.4 Å². The van der Waals surface area contributed by atoms with Crippen LogP contribution in [-0.2, 0) is 14.3 Å². The molecule has 10 atom stereocenters. The summed E-state index contributed by atoms with van der Waals surface area (Å²) in [5.41, 5.74) is -0.418. The molecule has 0 aromatic heterocycles. The number of amides is 2. The Morgan fingerprint density at radius 1 is 1.05 bits per heavy atom. The molecule has 0 aliphatic heterocycles. The van der Waals surface area contributed by atoms with Crippen molar-refractivity contribution < 1.29 is 34.4 Å². The van der Waals surface area contributed by atoms with Crippen molar-refractivity contribution in [2.45, 2.75) is 130 Å². The third kappa shape index (κ3) is 7.12. The van der Waals surface area contributed by atoms with Gasteiger partial charge in [-0.1, -0.05) is 27.7 Å². The number of ether oxygens (including phenoxy) is 1. The SMILES string of the molecule is CC[C@H](O)CC[C@@]1(C)CC[C@@H](OC(=O)NC(C)C)[C@@H]2[C@@H]1C[C@H](O)[C@]1(C)[C@@H]([C@H](C)CCC(=O)NCC(=O)O)CC[C@@H]21. The minimum atomic E-state index is -1.06. The number of rotatable bonds is 12. The number of aliphatic carboxylic acids is 1. The van der Waals surface area contributed by atoms with Gasteiger partial charge in [-0.05, 0) is 106 Å². The zero-order chi connectivity index (χ0) is 29.8. The van der Waals surface area contributed by atoms with Gasteiger partial charge in [-0.25, -0.2) is 4.79 Å². The van der Waals surface area contributed by atoms with E-state index in [1.165, 1.54) is 0 Å². The first-order chi connectivity index (χ1) is 18.7. The van der Waals surface area contributed by atoms with Gasteiger partial charge in [0.25, 0.3) is 0 Å². The summed E-state index contributed by atoms with van der Waals surface area (Å²) in [4.78, 5) is 35.8. The number of carboxylic acids is 1. The van der Waals surface area contributed by atoms with Gasteiger partial charge in [-0.2, -0.15) is 0 Å². The number of aliphatic hydroxyl groups excluding tert-OH is 2. The van der Waals surface area contributed by atoms with Crippen molar-refractivity contribution in [3.63, 3.8) is 0 Å². The molecule has 0 aromatic carbocycles. The quantitative estimate of drug-likeness (QED) is 0.234. The molecule has 0 aromatic rings. The molecule has 3 aliphatic carbocycles. The molecule has 3 aliphatic rings. The maximum Gasteiger partial charge on any atom is 0.407 e. The second kappa shape index (κ2) is 13.4. The Morgan fingerprint density at radius 2 is 1.75 bits per heavy atom. The number of nitrogens with one attached hydrogen (secondary N) is 2. The lowest BCUT2D eigenvalue weighted by Gasteiger charge is -2.60. The summed E-state index contributed by atoms with van der Waals surface area (Å²) in [7, 11) is 0. The maximum absolute atomic E-state index is 12.8. The lowest BCUT2D eigenvalue weighted by molar-refractivity contribution is -0.181. The van der Waals surface area contributed by atoms with Crippen LogP contribution in [0.4, 0.5) is 4.79 Å². The average Bonchev–Trinajstić information content (AvgIpc) is 3.25. The predicted octanol–water partition coefficient (Wildman–Crippen LogP) is 4.49. The fourth-order valence-corrected chi connectivity index (χ4v) is 8.68. The molecule has 0 spiro atoms. The molecule has 0 heterocycles. The molecular formula is C31H54N2O7. The van der Waals surface area contributed by atoms with Crippen LogP contribution in [0.3, 0.4) is 0 Å². The number of aliphatic hydroxyl groups is 2. The minimum absolute atomic E-state index is 0.0180. The summed E-state index contributed by atoms with van der Waals surface area (Å²) in [5.74, 6) is -0.445. The first-order valence-electron chi connectivity index (χ1n) is 15.5. The second-order valence-corrected chi connectivity index (χ2v) is 13.8. The van der Waals surface area contributed by atoms with Crippen LogP contribution in [0.1, 0.15) is 106 Å². The number of hydrogen-bond acceptors (Lipinski definition) is 6. The highest BCUT2D eigenvalue weighted by molar-refractivity contribution is 5.81. The molecule has 5 N–H and O–H groups in total. The van der Waals surface area contributed by atoms with Crippen LogP contribution >= 0.6 is 0 Å². The summed E-state index contributed by atoms with van der Waals surface area (Å²) in [6, 6.07) is -0.0180. The van der Waals surface area contributed by atoms with Crippen LogP contribution in [0.2, 0.25) is 0 Å². The summed E-state index contributed by atoms with van der Waals surface area (Å²) >= 11 is 0. The summed E-state index contributed by atoms with van der Waals surface area (Å²) in [6.07, 6.45) is 5.98. The van der Waals surface area contributed by atoms with Gasteiger partial charge in [0.1, 0.15) is 12.6 Å². The van der Waals surface area contributed by atoms with E-state index in [1.807, 2.05) is 20.8 Å². The summed E-state index contributed by atoms with van der Waals surface area (Å²) in [5, 5.41) is 36.4. The maximum atomic E-state index is 12.8. The Bertz CT molecular complexity index is 897. The number of carboxylic acid groups (broad SMARTS) is 1. The Balaban J connectivity index is 1.84. The molecule has 3 saturated carbocycles. The van der Waals surface area contributed by atoms with Gasteiger partial charge in [0.05, 0.1) is 12.2 Å².